The summed E-state index contributed by atoms with van der Waals surface area (Å²) in [6.45, 7) is 2.11. The van der Waals surface area contributed by atoms with Crippen molar-refractivity contribution in [2.24, 2.45) is 5.92 Å². The molecule has 1 saturated heterocycles. The molecule has 1 aliphatic heterocycles. The maximum atomic E-state index is 13.4. The fraction of sp³-hybridized carbons (Fsp3) is 0.471. The highest BCUT2D eigenvalue weighted by atomic mass is 35.5. The summed E-state index contributed by atoms with van der Waals surface area (Å²) in [5, 5.41) is 3.38. The molecule has 1 fully saturated rings. The van der Waals surface area contributed by atoms with Crippen LogP contribution in [0, 0.1) is 17.6 Å². The normalized spacial score (nSPS) is 20.3. The number of carbonyl (C=O) groups is 3. The Kier molecular flexibility index (Phi) is 6.71. The number of rotatable bonds is 3. The van der Waals surface area contributed by atoms with Crippen molar-refractivity contribution in [1.29, 1.82) is 0 Å². The van der Waals surface area contributed by atoms with E-state index in [4.69, 9.17) is 11.6 Å². The van der Waals surface area contributed by atoms with E-state index in [1.165, 1.54) is 6.92 Å². The summed E-state index contributed by atoms with van der Waals surface area (Å²) in [6.07, 6.45) is -4.58. The highest BCUT2D eigenvalue weighted by Gasteiger charge is 2.42. The van der Waals surface area contributed by atoms with Crippen LogP contribution in [-0.2, 0) is 14.4 Å². The van der Waals surface area contributed by atoms with Crippen molar-refractivity contribution < 1.29 is 36.3 Å². The summed E-state index contributed by atoms with van der Waals surface area (Å²) < 4.78 is 64.2. The standard InChI is InChI=1S/C17H17ClF5N3O3/c1-7-10(14(27)25-9-5-11(18)13(20)12(19)6-9)3-4-26(7)16(29)15(28)24-8(2)17(21,22)23/h5-8,10H,3-4H2,1-2H3,(H,24,28)(H,25,27)/t7-,8+,10?/m0/s1. The van der Waals surface area contributed by atoms with Gasteiger partial charge in [-0.25, -0.2) is 8.78 Å². The molecule has 160 valence electrons. The molecule has 1 aromatic rings. The van der Waals surface area contributed by atoms with Crippen LogP contribution in [0.1, 0.15) is 20.3 Å². The largest absolute Gasteiger partial charge is 0.408 e. The number of nitrogens with zero attached hydrogens (tertiary/aromatic N) is 1. The van der Waals surface area contributed by atoms with Crippen molar-refractivity contribution in [1.82, 2.24) is 10.2 Å². The van der Waals surface area contributed by atoms with Crippen molar-refractivity contribution in [2.45, 2.75) is 38.5 Å². The van der Waals surface area contributed by atoms with Gasteiger partial charge in [-0.2, -0.15) is 13.2 Å². The first kappa shape index (κ1) is 22.9. The summed E-state index contributed by atoms with van der Waals surface area (Å²) in [4.78, 5) is 37.4. The van der Waals surface area contributed by atoms with Gasteiger partial charge in [0, 0.05) is 24.3 Å². The van der Waals surface area contributed by atoms with E-state index < -0.39 is 58.6 Å². The van der Waals surface area contributed by atoms with Crippen LogP contribution in [0.25, 0.3) is 0 Å². The minimum atomic E-state index is -4.71. The van der Waals surface area contributed by atoms with E-state index in [0.717, 1.165) is 17.0 Å². The van der Waals surface area contributed by atoms with Gasteiger partial charge in [0.2, 0.25) is 5.91 Å². The fourth-order valence-corrected chi connectivity index (χ4v) is 3.12. The van der Waals surface area contributed by atoms with Gasteiger partial charge in [0.1, 0.15) is 6.04 Å². The second-order valence-corrected chi connectivity index (χ2v) is 7.02. The number of hydrogen-bond donors (Lipinski definition) is 2. The SMILES string of the molecule is C[C@H]1C(C(=O)Nc2cc(F)c(F)c(Cl)c2)CCN1C(=O)C(=O)N[C@H](C)C(F)(F)F. The molecule has 1 aliphatic rings. The van der Waals surface area contributed by atoms with E-state index >= 15 is 0 Å². The predicted octanol–water partition coefficient (Wildman–Crippen LogP) is 2.86. The first-order valence-corrected chi connectivity index (χ1v) is 8.84. The van der Waals surface area contributed by atoms with Crippen LogP contribution >= 0.6 is 11.6 Å². The topological polar surface area (TPSA) is 78.5 Å². The molecule has 0 saturated carbocycles. The Morgan fingerprint density at radius 1 is 1.24 bits per heavy atom. The Morgan fingerprint density at radius 3 is 2.41 bits per heavy atom. The van der Waals surface area contributed by atoms with Crippen molar-refractivity contribution in [3.05, 3.63) is 28.8 Å². The maximum absolute atomic E-state index is 13.4. The van der Waals surface area contributed by atoms with Crippen LogP contribution in [0.3, 0.4) is 0 Å². The van der Waals surface area contributed by atoms with Gasteiger partial charge in [0.15, 0.2) is 11.6 Å². The summed E-state index contributed by atoms with van der Waals surface area (Å²) in [7, 11) is 0. The second kappa shape index (κ2) is 8.52. The molecule has 2 N–H and O–H groups in total. The Bertz CT molecular complexity index is 810. The Hall–Kier alpha value is -2.43. The van der Waals surface area contributed by atoms with Gasteiger partial charge in [0.25, 0.3) is 0 Å². The van der Waals surface area contributed by atoms with E-state index in [9.17, 15) is 36.3 Å². The lowest BCUT2D eigenvalue weighted by Gasteiger charge is -2.25. The van der Waals surface area contributed by atoms with Gasteiger partial charge in [-0.1, -0.05) is 11.6 Å². The van der Waals surface area contributed by atoms with Gasteiger partial charge in [-0.15, -0.1) is 0 Å². The number of halogens is 6. The molecule has 1 heterocycles. The first-order valence-electron chi connectivity index (χ1n) is 8.46. The summed E-state index contributed by atoms with van der Waals surface area (Å²) in [5.74, 6) is -6.62. The number of nitrogens with one attached hydrogen (secondary N) is 2. The van der Waals surface area contributed by atoms with Crippen LogP contribution < -0.4 is 10.6 Å². The number of alkyl halides is 3. The molecule has 1 unspecified atom stereocenters. The van der Waals surface area contributed by atoms with Crippen LogP contribution in [0.5, 0.6) is 0 Å². The lowest BCUT2D eigenvalue weighted by molar-refractivity contribution is -0.162. The van der Waals surface area contributed by atoms with E-state index in [1.807, 2.05) is 0 Å². The third-order valence-corrected chi connectivity index (χ3v) is 4.91. The highest BCUT2D eigenvalue weighted by molar-refractivity contribution is 6.35. The molecule has 0 spiro atoms. The summed E-state index contributed by atoms with van der Waals surface area (Å²) >= 11 is 5.52. The van der Waals surface area contributed by atoms with Gasteiger partial charge < -0.3 is 15.5 Å². The average molecular weight is 442 g/mol. The summed E-state index contributed by atoms with van der Waals surface area (Å²) in [5.41, 5.74) is -0.104. The van der Waals surface area contributed by atoms with Gasteiger partial charge in [-0.3, -0.25) is 14.4 Å². The molecule has 2 rings (SSSR count). The van der Waals surface area contributed by atoms with Gasteiger partial charge in [0.05, 0.1) is 10.9 Å². The van der Waals surface area contributed by atoms with E-state index in [2.05, 4.69) is 5.32 Å². The number of anilines is 1. The predicted molar refractivity (Wildman–Crippen MR) is 92.9 cm³/mol. The first-order chi connectivity index (χ1) is 13.3. The Balaban J connectivity index is 2.03. The molecule has 29 heavy (non-hydrogen) atoms. The highest BCUT2D eigenvalue weighted by Crippen LogP contribution is 2.28. The number of likely N-dealkylation sites (tertiary alicyclic amines) is 1. The monoisotopic (exact) mass is 441 g/mol. The zero-order valence-corrected chi connectivity index (χ0v) is 16.0. The van der Waals surface area contributed by atoms with Crippen molar-refractivity contribution in [2.75, 3.05) is 11.9 Å². The number of amides is 3. The average Bonchev–Trinajstić information content (AvgIpc) is 2.99. The molecule has 0 bridgehead atoms. The van der Waals surface area contributed by atoms with Gasteiger partial charge >= 0.3 is 18.0 Å². The van der Waals surface area contributed by atoms with E-state index in [0.29, 0.717) is 6.92 Å². The minimum absolute atomic E-state index is 0.0373. The number of carbonyl (C=O) groups excluding carboxylic acids is 3. The molecule has 12 heteroatoms. The molecule has 0 aromatic heterocycles. The smallest absolute Gasteiger partial charge is 0.336 e. The lowest BCUT2D eigenvalue weighted by Crippen LogP contribution is -2.51. The Morgan fingerprint density at radius 2 is 1.86 bits per heavy atom. The van der Waals surface area contributed by atoms with E-state index in [-0.39, 0.29) is 18.7 Å². The van der Waals surface area contributed by atoms with Gasteiger partial charge in [-0.05, 0) is 26.3 Å². The van der Waals surface area contributed by atoms with Crippen molar-refractivity contribution in [3.8, 4) is 0 Å². The molecule has 0 radical (unpaired) electrons. The van der Waals surface area contributed by atoms with Crippen molar-refractivity contribution in [3.63, 3.8) is 0 Å². The molecule has 6 nitrogen and oxygen atoms in total. The van der Waals surface area contributed by atoms with Crippen LogP contribution in [-0.4, -0.2) is 47.4 Å². The van der Waals surface area contributed by atoms with Crippen molar-refractivity contribution >= 4 is 35.0 Å². The quantitative estimate of drug-likeness (QED) is 0.430. The number of benzene rings is 1. The van der Waals surface area contributed by atoms with E-state index in [1.54, 1.807) is 5.32 Å². The van der Waals surface area contributed by atoms with Crippen LogP contribution in [0.4, 0.5) is 27.6 Å². The zero-order valence-electron chi connectivity index (χ0n) is 15.2. The third kappa shape index (κ3) is 5.14. The molecular formula is C17H17ClF5N3O3. The molecule has 1 aromatic carbocycles. The molecule has 3 amide bonds. The third-order valence-electron chi connectivity index (χ3n) is 4.64. The van der Waals surface area contributed by atoms with Crippen LogP contribution in [0.15, 0.2) is 12.1 Å². The second-order valence-electron chi connectivity index (χ2n) is 6.61. The fourth-order valence-electron chi connectivity index (χ4n) is 2.91. The Labute approximate surface area is 167 Å². The molecular weight excluding hydrogens is 425 g/mol. The minimum Gasteiger partial charge on any atom is -0.336 e. The molecule has 0 aliphatic carbocycles. The maximum Gasteiger partial charge on any atom is 0.408 e. The van der Waals surface area contributed by atoms with Crippen LogP contribution in [0.2, 0.25) is 5.02 Å². The number of hydrogen-bond acceptors (Lipinski definition) is 3. The zero-order chi connectivity index (χ0) is 22.1. The summed E-state index contributed by atoms with van der Waals surface area (Å²) in [6, 6.07) is -1.29. The lowest BCUT2D eigenvalue weighted by atomic mass is 10.0. The molecule has 3 atom stereocenters.